The van der Waals surface area contributed by atoms with E-state index in [1.54, 1.807) is 0 Å². The van der Waals surface area contributed by atoms with Gasteiger partial charge in [-0.25, -0.2) is 0 Å². The Morgan fingerprint density at radius 3 is 2.67 bits per heavy atom. The molecule has 7 rings (SSSR count). The first kappa shape index (κ1) is 19.6. The molecule has 164 valence electrons. The molecule has 5 aliphatic heterocycles. The molecule has 1 spiro atoms. The summed E-state index contributed by atoms with van der Waals surface area (Å²) in [7, 11) is 2.25. The Balaban J connectivity index is 1.50. The number of piperidine rings is 4. The number of para-hydroxylation sites is 1. The lowest BCUT2D eigenvalue weighted by atomic mass is 9.60. The molecule has 5 fully saturated rings. The van der Waals surface area contributed by atoms with Crippen molar-refractivity contribution in [3.8, 4) is 0 Å². The molecule has 4 heteroatoms. The highest BCUT2D eigenvalue weighted by atomic mass is 16.3. The summed E-state index contributed by atoms with van der Waals surface area (Å²) in [4.78, 5) is 2.50. The van der Waals surface area contributed by atoms with Crippen molar-refractivity contribution in [3.05, 3.63) is 29.8 Å². The molecule has 1 aromatic rings. The zero-order valence-corrected chi connectivity index (χ0v) is 18.9. The van der Waals surface area contributed by atoms with Crippen LogP contribution in [-0.4, -0.2) is 58.7 Å². The van der Waals surface area contributed by atoms with Crippen molar-refractivity contribution in [3.63, 3.8) is 0 Å². The van der Waals surface area contributed by atoms with Crippen molar-refractivity contribution in [2.75, 3.05) is 18.5 Å². The van der Waals surface area contributed by atoms with E-state index in [9.17, 15) is 10.2 Å². The number of rotatable bonds is 6. The number of unbranched alkanes of at least 4 members (excludes halogenated alkanes) is 3. The van der Waals surface area contributed by atoms with Crippen molar-refractivity contribution in [1.29, 1.82) is 0 Å². The highest BCUT2D eigenvalue weighted by Gasteiger charge is 2.82. The lowest BCUT2D eigenvalue weighted by Gasteiger charge is -2.68. The van der Waals surface area contributed by atoms with E-state index in [0.29, 0.717) is 35.9 Å². The second-order valence-corrected chi connectivity index (χ2v) is 11.1. The number of hydrogen-bond donors (Lipinski definition) is 2. The minimum absolute atomic E-state index is 0.131. The molecule has 5 heterocycles. The zero-order chi connectivity index (χ0) is 20.8. The monoisotopic (exact) mass is 411 g/mol. The number of aliphatic hydroxyl groups excluding tert-OH is 2. The standard InChI is InChI=1S/C26H39N2O2/c1-4-6-7-10-13-28-20-14-17(16(5-2)25(28)30)22-21(28)15-26(24(22)29)18-11-8-9-12-19(18)27(3)23(20)26/h8-9,11-12,16-17,20-25,29-30H,4-7,10,13-15H2,1-3H3/q+1/t16-,17-,20?,21-,22?,23-,24?,25+,26?,28?/m0/s1. The van der Waals surface area contributed by atoms with E-state index in [1.165, 1.54) is 43.4 Å². The van der Waals surface area contributed by atoms with Crippen LogP contribution in [0.4, 0.5) is 5.69 Å². The molecule has 5 unspecified atom stereocenters. The molecule has 30 heavy (non-hydrogen) atoms. The first-order chi connectivity index (χ1) is 14.5. The summed E-state index contributed by atoms with van der Waals surface area (Å²) in [6.45, 7) is 5.62. The third kappa shape index (κ3) is 1.96. The fourth-order valence-electron chi connectivity index (χ4n) is 9.65. The topological polar surface area (TPSA) is 43.7 Å². The first-order valence-electron chi connectivity index (χ1n) is 12.6. The average Bonchev–Trinajstić information content (AvgIpc) is 3.14. The van der Waals surface area contributed by atoms with E-state index >= 15 is 0 Å². The van der Waals surface area contributed by atoms with E-state index < -0.39 is 0 Å². The van der Waals surface area contributed by atoms with Gasteiger partial charge in [0.05, 0.1) is 30.1 Å². The smallest absolute Gasteiger partial charge is 0.194 e. The molecule has 1 saturated carbocycles. The summed E-state index contributed by atoms with van der Waals surface area (Å²) in [5.74, 6) is 1.18. The Bertz CT molecular complexity index is 844. The summed E-state index contributed by atoms with van der Waals surface area (Å²) in [6.07, 6.45) is 7.77. The van der Waals surface area contributed by atoms with Gasteiger partial charge in [-0.2, -0.15) is 0 Å². The Kier molecular flexibility index (Phi) is 4.22. The molecule has 5 bridgehead atoms. The predicted molar refractivity (Wildman–Crippen MR) is 119 cm³/mol. The van der Waals surface area contributed by atoms with Gasteiger partial charge in [0, 0.05) is 37.4 Å². The number of anilines is 1. The largest absolute Gasteiger partial charge is 0.392 e. The van der Waals surface area contributed by atoms with Gasteiger partial charge in [0.15, 0.2) is 6.23 Å². The van der Waals surface area contributed by atoms with Crippen LogP contribution in [0.2, 0.25) is 0 Å². The van der Waals surface area contributed by atoms with Crippen LogP contribution in [0, 0.1) is 17.8 Å². The number of hydrogen-bond acceptors (Lipinski definition) is 3. The van der Waals surface area contributed by atoms with E-state index in [0.717, 1.165) is 23.9 Å². The molecular weight excluding hydrogens is 372 g/mol. The van der Waals surface area contributed by atoms with Crippen molar-refractivity contribution in [1.82, 2.24) is 0 Å². The van der Waals surface area contributed by atoms with Crippen LogP contribution in [0.1, 0.15) is 64.4 Å². The van der Waals surface area contributed by atoms with E-state index in [4.69, 9.17) is 0 Å². The Hall–Kier alpha value is -1.10. The van der Waals surface area contributed by atoms with Crippen LogP contribution in [0.5, 0.6) is 0 Å². The van der Waals surface area contributed by atoms with Gasteiger partial charge in [-0.1, -0.05) is 44.9 Å². The summed E-state index contributed by atoms with van der Waals surface area (Å²) in [6, 6.07) is 10.0. The Labute approximate surface area is 181 Å². The Morgan fingerprint density at radius 1 is 1.10 bits per heavy atom. The van der Waals surface area contributed by atoms with Gasteiger partial charge in [0.25, 0.3) is 0 Å². The SMILES string of the molecule is CCCCCC[N+]12C3C[C@H](C4C(O)C5(C[C@@H]41)c1ccccc1N(C)[C@@H]35)[C@H](CC)[C@H]2O. The van der Waals surface area contributed by atoms with Gasteiger partial charge >= 0.3 is 0 Å². The fourth-order valence-corrected chi connectivity index (χ4v) is 9.65. The normalized spacial score (nSPS) is 49.6. The number of benzene rings is 1. The Morgan fingerprint density at radius 2 is 1.90 bits per heavy atom. The van der Waals surface area contributed by atoms with Crippen LogP contribution >= 0.6 is 0 Å². The lowest BCUT2D eigenvalue weighted by Crippen LogP contribution is -2.83. The van der Waals surface area contributed by atoms with Gasteiger partial charge < -0.3 is 15.1 Å². The predicted octanol–water partition coefficient (Wildman–Crippen LogP) is 3.65. The number of aliphatic hydroxyl groups is 2. The number of fused-ring (bicyclic) bond motifs is 2. The lowest BCUT2D eigenvalue weighted by molar-refractivity contribution is -1.04. The van der Waals surface area contributed by atoms with Gasteiger partial charge in [0.2, 0.25) is 0 Å². The summed E-state index contributed by atoms with van der Waals surface area (Å²) in [5.41, 5.74) is 2.57. The maximum absolute atomic E-state index is 12.0. The summed E-state index contributed by atoms with van der Waals surface area (Å²) in [5, 5.41) is 23.9. The average molecular weight is 412 g/mol. The van der Waals surface area contributed by atoms with Crippen molar-refractivity contribution in [2.24, 2.45) is 17.8 Å². The zero-order valence-electron chi connectivity index (χ0n) is 18.9. The molecule has 1 aliphatic carbocycles. The highest BCUT2D eigenvalue weighted by Crippen LogP contribution is 2.71. The maximum Gasteiger partial charge on any atom is 0.194 e. The van der Waals surface area contributed by atoms with Crippen molar-refractivity contribution >= 4 is 5.69 Å². The third-order valence-corrected chi connectivity index (χ3v) is 10.5. The molecular formula is C26H39N2O2+. The van der Waals surface area contributed by atoms with Crippen LogP contribution in [0.15, 0.2) is 24.3 Å². The molecule has 0 amide bonds. The minimum atomic E-state index is -0.272. The molecule has 6 aliphatic rings. The molecule has 10 atom stereocenters. The van der Waals surface area contributed by atoms with Crippen molar-refractivity contribution < 1.29 is 14.7 Å². The second kappa shape index (κ2) is 6.46. The number of quaternary nitrogens is 1. The number of nitrogens with zero attached hydrogens (tertiary/aromatic N) is 2. The maximum atomic E-state index is 12.0. The summed E-state index contributed by atoms with van der Waals surface area (Å²) >= 11 is 0. The van der Waals surface area contributed by atoms with E-state index in [1.807, 2.05) is 0 Å². The number of likely N-dealkylation sites (N-methyl/N-ethyl adjacent to an activating group) is 1. The third-order valence-electron chi connectivity index (χ3n) is 10.5. The van der Waals surface area contributed by atoms with Crippen LogP contribution < -0.4 is 4.90 Å². The molecule has 0 radical (unpaired) electrons. The highest BCUT2D eigenvalue weighted by molar-refractivity contribution is 5.66. The molecule has 1 aromatic carbocycles. The van der Waals surface area contributed by atoms with Gasteiger partial charge in [-0.3, -0.25) is 4.48 Å². The van der Waals surface area contributed by atoms with Crippen LogP contribution in [0.3, 0.4) is 0 Å². The molecule has 4 saturated heterocycles. The van der Waals surface area contributed by atoms with Gasteiger partial charge in [0.1, 0.15) is 6.04 Å². The van der Waals surface area contributed by atoms with Gasteiger partial charge in [-0.05, 0) is 36.8 Å². The first-order valence-corrected chi connectivity index (χ1v) is 12.6. The fraction of sp³-hybridized carbons (Fsp3) is 0.769. The van der Waals surface area contributed by atoms with E-state index in [2.05, 4.69) is 50.1 Å². The van der Waals surface area contributed by atoms with Crippen LogP contribution in [-0.2, 0) is 5.41 Å². The summed E-state index contributed by atoms with van der Waals surface area (Å²) < 4.78 is 0.894. The van der Waals surface area contributed by atoms with E-state index in [-0.39, 0.29) is 17.7 Å². The quantitative estimate of drug-likeness (QED) is 0.555. The second-order valence-electron chi connectivity index (χ2n) is 11.1. The van der Waals surface area contributed by atoms with Crippen LogP contribution in [0.25, 0.3) is 0 Å². The molecule has 2 N–H and O–H groups in total. The minimum Gasteiger partial charge on any atom is -0.392 e. The van der Waals surface area contributed by atoms with Gasteiger partial charge in [-0.15, -0.1) is 0 Å². The molecule has 4 nitrogen and oxygen atoms in total. The molecule has 0 aromatic heterocycles. The van der Waals surface area contributed by atoms with Crippen molar-refractivity contribution in [2.45, 2.75) is 94.7 Å².